The molecule has 0 aliphatic rings. The van der Waals surface area contributed by atoms with Crippen LogP contribution in [0.4, 0.5) is 4.39 Å². The summed E-state index contributed by atoms with van der Waals surface area (Å²) in [6.07, 6.45) is 1.23. The highest BCUT2D eigenvalue weighted by Crippen LogP contribution is 2.42. The number of aromatic hydroxyl groups is 1. The van der Waals surface area contributed by atoms with Gasteiger partial charge in [-0.15, -0.1) is 0 Å². The van der Waals surface area contributed by atoms with Gasteiger partial charge in [-0.05, 0) is 52.1 Å². The Balaban J connectivity index is 1.75. The van der Waals surface area contributed by atoms with Crippen LogP contribution < -0.4 is 5.32 Å². The molecule has 1 amide bonds. The number of phenols is 1. The zero-order chi connectivity index (χ0) is 24.2. The number of carbonyl (C=O) groups is 1. The second-order valence-electron chi connectivity index (χ2n) is 7.70. The molecule has 0 saturated heterocycles. The lowest BCUT2D eigenvalue weighted by molar-refractivity contribution is -0.126. The standard InChI is InChI=1S/C25H23ClFN3O3S/c1-2-22(33)30(9-7-28-8-10-31)14-21-19-13-20(26)23(24(27)25(19)29-34-21)18-12-16(32)11-15-5-3-4-6-17(15)18/h2-6,11-13,28,31-32H,1,7-10,14H2. The van der Waals surface area contributed by atoms with Crippen molar-refractivity contribution >= 4 is 50.7 Å². The van der Waals surface area contributed by atoms with Gasteiger partial charge in [0.25, 0.3) is 0 Å². The second-order valence-corrected chi connectivity index (χ2v) is 8.97. The Morgan fingerprint density at radius 2 is 2.03 bits per heavy atom. The SMILES string of the molecule is C=CC(=O)N(CCNCCO)Cc1snc2c(F)c(-c3cc(O)cc4ccccc34)c(Cl)cc12. The second kappa shape index (κ2) is 10.5. The third-order valence-electron chi connectivity index (χ3n) is 5.52. The molecule has 3 N–H and O–H groups in total. The number of amides is 1. The van der Waals surface area contributed by atoms with Crippen LogP contribution in [0.15, 0.2) is 55.1 Å². The van der Waals surface area contributed by atoms with Gasteiger partial charge in [0.2, 0.25) is 5.91 Å². The van der Waals surface area contributed by atoms with Crippen LogP contribution in [-0.2, 0) is 11.3 Å². The number of rotatable bonds is 9. The molecule has 1 heterocycles. The predicted octanol–water partition coefficient (Wildman–Crippen LogP) is 4.71. The first-order valence-electron chi connectivity index (χ1n) is 10.7. The number of phenolic OH excluding ortho intramolecular Hbond substituents is 1. The highest BCUT2D eigenvalue weighted by Gasteiger charge is 2.22. The largest absolute Gasteiger partial charge is 0.508 e. The molecule has 0 aliphatic carbocycles. The monoisotopic (exact) mass is 499 g/mol. The first-order chi connectivity index (χ1) is 16.4. The number of fused-ring (bicyclic) bond motifs is 2. The maximum absolute atomic E-state index is 15.8. The van der Waals surface area contributed by atoms with Gasteiger partial charge in [-0.1, -0.05) is 42.4 Å². The van der Waals surface area contributed by atoms with E-state index in [0.29, 0.717) is 35.5 Å². The maximum Gasteiger partial charge on any atom is 0.246 e. The fourth-order valence-corrected chi connectivity index (χ4v) is 5.05. The Labute approximate surface area is 205 Å². The first kappa shape index (κ1) is 24.1. The number of nitrogens with zero attached hydrogens (tertiary/aromatic N) is 2. The lowest BCUT2D eigenvalue weighted by atomic mass is 9.96. The summed E-state index contributed by atoms with van der Waals surface area (Å²) >= 11 is 7.70. The smallest absolute Gasteiger partial charge is 0.246 e. The van der Waals surface area contributed by atoms with Gasteiger partial charge in [0.05, 0.1) is 23.1 Å². The average molecular weight is 500 g/mol. The quantitative estimate of drug-likeness (QED) is 0.229. The molecule has 0 unspecified atom stereocenters. The van der Waals surface area contributed by atoms with E-state index in [4.69, 9.17) is 16.7 Å². The van der Waals surface area contributed by atoms with Crippen molar-refractivity contribution in [3.8, 4) is 16.9 Å². The number of hydrogen-bond acceptors (Lipinski definition) is 6. The Morgan fingerprint density at radius 3 is 2.79 bits per heavy atom. The Hall–Kier alpha value is -3.04. The molecule has 1 aromatic heterocycles. The van der Waals surface area contributed by atoms with Crippen LogP contribution in [-0.4, -0.2) is 51.6 Å². The fourth-order valence-electron chi connectivity index (χ4n) is 3.91. The molecule has 176 valence electrons. The van der Waals surface area contributed by atoms with Crippen molar-refractivity contribution in [2.75, 3.05) is 26.2 Å². The summed E-state index contributed by atoms with van der Waals surface area (Å²) in [6.45, 7) is 5.07. The molecule has 9 heteroatoms. The van der Waals surface area contributed by atoms with Crippen molar-refractivity contribution < 1.29 is 19.4 Å². The Morgan fingerprint density at radius 1 is 1.24 bits per heavy atom. The molecule has 0 aliphatic heterocycles. The molecule has 0 radical (unpaired) electrons. The van der Waals surface area contributed by atoms with E-state index in [2.05, 4.69) is 16.3 Å². The van der Waals surface area contributed by atoms with Crippen molar-refractivity contribution in [2.24, 2.45) is 0 Å². The van der Waals surface area contributed by atoms with Crippen molar-refractivity contribution in [3.63, 3.8) is 0 Å². The summed E-state index contributed by atoms with van der Waals surface area (Å²) in [5.41, 5.74) is 0.814. The minimum absolute atomic E-state index is 0.00344. The molecule has 6 nitrogen and oxygen atoms in total. The number of nitrogens with one attached hydrogen (secondary N) is 1. The highest BCUT2D eigenvalue weighted by atomic mass is 35.5. The molecule has 34 heavy (non-hydrogen) atoms. The normalized spacial score (nSPS) is 11.3. The van der Waals surface area contributed by atoms with E-state index >= 15 is 4.39 Å². The van der Waals surface area contributed by atoms with Crippen molar-refractivity contribution in [3.05, 3.63) is 70.8 Å². The molecule has 0 atom stereocenters. The summed E-state index contributed by atoms with van der Waals surface area (Å²) in [6, 6.07) is 12.1. The predicted molar refractivity (Wildman–Crippen MR) is 135 cm³/mol. The van der Waals surface area contributed by atoms with Gasteiger partial charge < -0.3 is 20.4 Å². The van der Waals surface area contributed by atoms with E-state index in [-0.39, 0.29) is 40.9 Å². The molecule has 4 rings (SSSR count). The molecule has 0 bridgehead atoms. The molecular formula is C25H23ClFN3O3S. The van der Waals surface area contributed by atoms with Crippen LogP contribution in [0.1, 0.15) is 4.88 Å². The fraction of sp³-hybridized carbons (Fsp3) is 0.200. The van der Waals surface area contributed by atoms with E-state index < -0.39 is 5.82 Å². The summed E-state index contributed by atoms with van der Waals surface area (Å²) < 4.78 is 20.1. The summed E-state index contributed by atoms with van der Waals surface area (Å²) in [5, 5.41) is 24.4. The summed E-state index contributed by atoms with van der Waals surface area (Å²) in [4.78, 5) is 14.6. The zero-order valence-corrected chi connectivity index (χ0v) is 19.8. The van der Waals surface area contributed by atoms with E-state index in [0.717, 1.165) is 22.3 Å². The first-order valence-corrected chi connectivity index (χ1v) is 11.8. The molecular weight excluding hydrogens is 477 g/mol. The number of aliphatic hydroxyl groups is 1. The van der Waals surface area contributed by atoms with Gasteiger partial charge in [0.15, 0.2) is 5.82 Å². The molecule has 0 fully saturated rings. The van der Waals surface area contributed by atoms with E-state index in [9.17, 15) is 9.90 Å². The summed E-state index contributed by atoms with van der Waals surface area (Å²) in [7, 11) is 0. The number of halogens is 2. The molecule has 0 saturated carbocycles. The van der Waals surface area contributed by atoms with Crippen LogP contribution in [0, 0.1) is 5.82 Å². The number of benzene rings is 3. The lowest BCUT2D eigenvalue weighted by Crippen LogP contribution is -2.36. The lowest BCUT2D eigenvalue weighted by Gasteiger charge is -2.21. The van der Waals surface area contributed by atoms with E-state index in [1.165, 1.54) is 12.1 Å². The van der Waals surface area contributed by atoms with Crippen LogP contribution in [0.2, 0.25) is 5.02 Å². The minimum Gasteiger partial charge on any atom is -0.508 e. The van der Waals surface area contributed by atoms with Gasteiger partial charge in [-0.3, -0.25) is 4.79 Å². The van der Waals surface area contributed by atoms with Crippen LogP contribution in [0.3, 0.4) is 0 Å². The van der Waals surface area contributed by atoms with Crippen molar-refractivity contribution in [1.82, 2.24) is 14.6 Å². The molecule has 3 aromatic carbocycles. The van der Waals surface area contributed by atoms with E-state index in [1.54, 1.807) is 17.0 Å². The van der Waals surface area contributed by atoms with Gasteiger partial charge in [-0.2, -0.15) is 4.37 Å². The number of aromatic nitrogens is 1. The van der Waals surface area contributed by atoms with Crippen molar-refractivity contribution in [2.45, 2.75) is 6.54 Å². The van der Waals surface area contributed by atoms with Crippen LogP contribution in [0.25, 0.3) is 32.8 Å². The Bertz CT molecular complexity index is 1370. The van der Waals surface area contributed by atoms with Crippen LogP contribution in [0.5, 0.6) is 5.75 Å². The maximum atomic E-state index is 15.8. The van der Waals surface area contributed by atoms with Crippen LogP contribution >= 0.6 is 23.1 Å². The van der Waals surface area contributed by atoms with Gasteiger partial charge in [0, 0.05) is 30.6 Å². The number of carbonyl (C=O) groups excluding carboxylic acids is 1. The number of hydrogen-bond donors (Lipinski definition) is 3. The highest BCUT2D eigenvalue weighted by molar-refractivity contribution is 7.07. The molecule has 4 aromatic rings. The topological polar surface area (TPSA) is 85.7 Å². The molecule has 0 spiro atoms. The summed E-state index contributed by atoms with van der Waals surface area (Å²) in [5.74, 6) is -0.828. The third kappa shape index (κ3) is 4.76. The van der Waals surface area contributed by atoms with Crippen molar-refractivity contribution in [1.29, 1.82) is 0 Å². The third-order valence-corrected chi connectivity index (χ3v) is 6.67. The Kier molecular flexibility index (Phi) is 7.43. The number of aliphatic hydroxyl groups excluding tert-OH is 1. The average Bonchev–Trinajstić information content (AvgIpc) is 3.22. The minimum atomic E-state index is -0.577. The van der Waals surface area contributed by atoms with Gasteiger partial charge in [0.1, 0.15) is 11.3 Å². The van der Waals surface area contributed by atoms with Gasteiger partial charge >= 0.3 is 0 Å². The van der Waals surface area contributed by atoms with E-state index in [1.807, 2.05) is 24.3 Å². The zero-order valence-electron chi connectivity index (χ0n) is 18.2. The van der Waals surface area contributed by atoms with Gasteiger partial charge in [-0.25, -0.2) is 4.39 Å².